The van der Waals surface area contributed by atoms with Crippen LogP contribution in [-0.2, 0) is 17.8 Å². The molecule has 0 aliphatic carbocycles. The molecule has 3 aromatic heterocycles. The SMILES string of the molecule is CC(C)Cn1c(=O)c2sccc2n2c(CCC(=O)Nc3ccc(F)c(F)c3)nnc12. The quantitative estimate of drug-likeness (QED) is 0.506. The standard InChI is InChI=1S/C20H19F2N5O2S/c1-11(2)10-26-19(29)18-15(7-8-30-18)27-16(24-25-20(26)27)5-6-17(28)23-12-3-4-13(21)14(22)9-12/h3-4,7-9,11H,5-6,10H2,1-2H3,(H,23,28). The Bertz CT molecular complexity index is 1310. The molecular weight excluding hydrogens is 412 g/mol. The highest BCUT2D eigenvalue weighted by Crippen LogP contribution is 2.21. The minimum absolute atomic E-state index is 0.0642. The summed E-state index contributed by atoms with van der Waals surface area (Å²) in [6.07, 6.45) is 0.330. The van der Waals surface area contributed by atoms with Crippen LogP contribution in [0, 0.1) is 17.6 Å². The smallest absolute Gasteiger partial charge is 0.272 e. The largest absolute Gasteiger partial charge is 0.326 e. The van der Waals surface area contributed by atoms with Crippen molar-refractivity contribution >= 4 is 38.9 Å². The van der Waals surface area contributed by atoms with Crippen LogP contribution in [0.2, 0.25) is 0 Å². The number of amides is 1. The molecule has 0 aliphatic rings. The van der Waals surface area contributed by atoms with Gasteiger partial charge in [0.25, 0.3) is 5.56 Å². The van der Waals surface area contributed by atoms with Gasteiger partial charge in [-0.05, 0) is 29.5 Å². The van der Waals surface area contributed by atoms with Crippen LogP contribution < -0.4 is 10.9 Å². The highest BCUT2D eigenvalue weighted by atomic mass is 32.1. The fourth-order valence-electron chi connectivity index (χ4n) is 3.30. The summed E-state index contributed by atoms with van der Waals surface area (Å²) >= 11 is 1.36. The van der Waals surface area contributed by atoms with Gasteiger partial charge in [-0.2, -0.15) is 0 Å². The van der Waals surface area contributed by atoms with E-state index < -0.39 is 11.6 Å². The summed E-state index contributed by atoms with van der Waals surface area (Å²) in [5.74, 6) is -1.14. The van der Waals surface area contributed by atoms with Crippen molar-refractivity contribution in [3.63, 3.8) is 0 Å². The van der Waals surface area contributed by atoms with Crippen molar-refractivity contribution < 1.29 is 13.6 Å². The number of halogens is 2. The Kier molecular flexibility index (Phi) is 5.33. The predicted molar refractivity (Wildman–Crippen MR) is 111 cm³/mol. The number of benzene rings is 1. The number of rotatable bonds is 6. The minimum atomic E-state index is -1.03. The van der Waals surface area contributed by atoms with Crippen LogP contribution in [0.5, 0.6) is 0 Å². The fourth-order valence-corrected chi connectivity index (χ4v) is 4.12. The van der Waals surface area contributed by atoms with Gasteiger partial charge in [-0.1, -0.05) is 13.8 Å². The average Bonchev–Trinajstić information content (AvgIpc) is 3.33. The lowest BCUT2D eigenvalue weighted by Crippen LogP contribution is -2.24. The van der Waals surface area contributed by atoms with E-state index in [0.717, 1.165) is 12.1 Å². The first-order valence-electron chi connectivity index (χ1n) is 9.44. The van der Waals surface area contributed by atoms with E-state index in [1.54, 1.807) is 8.97 Å². The van der Waals surface area contributed by atoms with Gasteiger partial charge in [0.1, 0.15) is 10.5 Å². The van der Waals surface area contributed by atoms with Crippen molar-refractivity contribution in [2.45, 2.75) is 33.2 Å². The first-order chi connectivity index (χ1) is 14.3. The van der Waals surface area contributed by atoms with Gasteiger partial charge in [-0.25, -0.2) is 8.78 Å². The monoisotopic (exact) mass is 431 g/mol. The summed E-state index contributed by atoms with van der Waals surface area (Å²) in [5, 5.41) is 12.8. The van der Waals surface area contributed by atoms with E-state index in [4.69, 9.17) is 0 Å². The van der Waals surface area contributed by atoms with Gasteiger partial charge in [0.05, 0.1) is 5.52 Å². The molecule has 0 spiro atoms. The van der Waals surface area contributed by atoms with Crippen molar-refractivity contribution in [2.75, 3.05) is 5.32 Å². The number of fused-ring (bicyclic) bond motifs is 3. The van der Waals surface area contributed by atoms with Gasteiger partial charge in [-0.15, -0.1) is 21.5 Å². The molecular formula is C20H19F2N5O2S. The van der Waals surface area contributed by atoms with Gasteiger partial charge >= 0.3 is 0 Å². The van der Waals surface area contributed by atoms with E-state index in [2.05, 4.69) is 15.5 Å². The molecule has 1 N–H and O–H groups in total. The van der Waals surface area contributed by atoms with Crippen LogP contribution in [0.15, 0.2) is 34.4 Å². The molecule has 30 heavy (non-hydrogen) atoms. The first kappa shape index (κ1) is 20.1. The Labute approximate surface area is 174 Å². The number of nitrogens with zero attached hydrogens (tertiary/aromatic N) is 4. The van der Waals surface area contributed by atoms with Gasteiger partial charge < -0.3 is 5.32 Å². The molecule has 0 saturated heterocycles. The van der Waals surface area contributed by atoms with Crippen molar-refractivity contribution in [3.05, 3.63) is 57.5 Å². The third-order valence-electron chi connectivity index (χ3n) is 4.61. The number of hydrogen-bond donors (Lipinski definition) is 1. The molecule has 0 saturated carbocycles. The maximum absolute atomic E-state index is 13.3. The van der Waals surface area contributed by atoms with Crippen LogP contribution in [0.25, 0.3) is 16.0 Å². The molecule has 0 aliphatic heterocycles. The van der Waals surface area contributed by atoms with Crippen LogP contribution in [-0.4, -0.2) is 25.1 Å². The molecule has 1 amide bonds. The van der Waals surface area contributed by atoms with Crippen molar-refractivity contribution in [3.8, 4) is 0 Å². The highest BCUT2D eigenvalue weighted by molar-refractivity contribution is 7.17. The van der Waals surface area contributed by atoms with Crippen LogP contribution in [0.4, 0.5) is 14.5 Å². The third kappa shape index (κ3) is 3.70. The maximum Gasteiger partial charge on any atom is 0.272 e. The lowest BCUT2D eigenvalue weighted by Gasteiger charge is -2.11. The van der Waals surface area contributed by atoms with Crippen molar-refractivity contribution in [1.29, 1.82) is 0 Å². The van der Waals surface area contributed by atoms with Gasteiger partial charge in [0.15, 0.2) is 11.6 Å². The van der Waals surface area contributed by atoms with Crippen molar-refractivity contribution in [1.82, 2.24) is 19.2 Å². The zero-order chi connectivity index (χ0) is 21.4. The molecule has 1 aromatic carbocycles. The Morgan fingerprint density at radius 1 is 1.20 bits per heavy atom. The molecule has 10 heteroatoms. The number of aryl methyl sites for hydroxylation is 1. The number of nitrogens with one attached hydrogen (secondary N) is 1. The molecule has 0 fully saturated rings. The van der Waals surface area contributed by atoms with E-state index in [9.17, 15) is 18.4 Å². The average molecular weight is 431 g/mol. The van der Waals surface area contributed by atoms with Crippen LogP contribution in [0.1, 0.15) is 26.1 Å². The van der Waals surface area contributed by atoms with Gasteiger partial charge in [0.2, 0.25) is 11.7 Å². The van der Waals surface area contributed by atoms with E-state index in [1.807, 2.05) is 25.3 Å². The number of carbonyl (C=O) groups excluding carboxylic acids is 1. The molecule has 0 bridgehead atoms. The van der Waals surface area contributed by atoms with Crippen LogP contribution >= 0.6 is 11.3 Å². The molecule has 0 atom stereocenters. The number of anilines is 1. The topological polar surface area (TPSA) is 81.3 Å². The van der Waals surface area contributed by atoms with E-state index >= 15 is 0 Å². The summed E-state index contributed by atoms with van der Waals surface area (Å²) in [4.78, 5) is 25.1. The van der Waals surface area contributed by atoms with Gasteiger partial charge in [-0.3, -0.25) is 18.6 Å². The Morgan fingerprint density at radius 2 is 2.00 bits per heavy atom. The Morgan fingerprint density at radius 3 is 2.73 bits per heavy atom. The summed E-state index contributed by atoms with van der Waals surface area (Å²) < 4.78 is 30.4. The number of aromatic nitrogens is 4. The second kappa shape index (κ2) is 7.94. The Balaban J connectivity index is 1.62. The number of thiophene rings is 1. The minimum Gasteiger partial charge on any atom is -0.326 e. The highest BCUT2D eigenvalue weighted by Gasteiger charge is 2.18. The van der Waals surface area contributed by atoms with E-state index in [1.165, 1.54) is 17.4 Å². The van der Waals surface area contributed by atoms with Crippen molar-refractivity contribution in [2.24, 2.45) is 5.92 Å². The van der Waals surface area contributed by atoms with E-state index in [-0.39, 0.29) is 35.9 Å². The summed E-state index contributed by atoms with van der Waals surface area (Å²) in [5.41, 5.74) is 0.785. The van der Waals surface area contributed by atoms with E-state index in [0.29, 0.717) is 28.4 Å². The Hall–Kier alpha value is -3.14. The zero-order valence-corrected chi connectivity index (χ0v) is 17.2. The normalized spacial score (nSPS) is 11.6. The lowest BCUT2D eigenvalue weighted by molar-refractivity contribution is -0.116. The molecule has 0 radical (unpaired) electrons. The second-order valence-electron chi connectivity index (χ2n) is 7.37. The molecule has 156 valence electrons. The van der Waals surface area contributed by atoms with Crippen LogP contribution in [0.3, 0.4) is 0 Å². The summed E-state index contributed by atoms with van der Waals surface area (Å²) in [6.45, 7) is 4.54. The third-order valence-corrected chi connectivity index (χ3v) is 5.50. The zero-order valence-electron chi connectivity index (χ0n) is 16.4. The molecule has 0 unspecified atom stereocenters. The summed E-state index contributed by atoms with van der Waals surface area (Å²) in [7, 11) is 0. The molecule has 7 nitrogen and oxygen atoms in total. The lowest BCUT2D eigenvalue weighted by atomic mass is 10.2. The molecule has 4 rings (SSSR count). The first-order valence-corrected chi connectivity index (χ1v) is 10.3. The summed E-state index contributed by atoms with van der Waals surface area (Å²) in [6, 6.07) is 5.02. The maximum atomic E-state index is 13.3. The number of carbonyl (C=O) groups is 1. The number of hydrogen-bond acceptors (Lipinski definition) is 5. The fraction of sp³-hybridized carbons (Fsp3) is 0.300. The predicted octanol–water partition coefficient (Wildman–Crippen LogP) is 3.61. The second-order valence-corrected chi connectivity index (χ2v) is 8.29. The molecule has 4 aromatic rings. The molecule has 3 heterocycles. The van der Waals surface area contributed by atoms with Gasteiger partial charge in [0, 0.05) is 31.1 Å².